The molecule has 0 bridgehead atoms. The van der Waals surface area contributed by atoms with Gasteiger partial charge in [-0.05, 0) is 13.5 Å². The van der Waals surface area contributed by atoms with Crippen LogP contribution in [0.25, 0.3) is 0 Å². The maximum Gasteiger partial charge on any atom is 0.151 e. The molecule has 0 spiro atoms. The summed E-state index contributed by atoms with van der Waals surface area (Å²) in [4.78, 5) is 6.16. The normalized spacial score (nSPS) is 24.6. The minimum absolute atomic E-state index is 0.01000. The van der Waals surface area contributed by atoms with Gasteiger partial charge >= 0.3 is 0 Å². The van der Waals surface area contributed by atoms with E-state index < -0.39 is 9.84 Å². The molecule has 7 heteroatoms. The first-order valence-electron chi connectivity index (χ1n) is 6.03. The highest BCUT2D eigenvalue weighted by Crippen LogP contribution is 2.25. The Morgan fingerprint density at radius 3 is 2.83 bits per heavy atom. The zero-order valence-electron chi connectivity index (χ0n) is 10.8. The summed E-state index contributed by atoms with van der Waals surface area (Å²) >= 11 is 0. The maximum atomic E-state index is 11.5. The molecule has 2 heterocycles. The van der Waals surface area contributed by atoms with Gasteiger partial charge in [0.05, 0.1) is 29.6 Å². The lowest BCUT2D eigenvalue weighted by molar-refractivity contribution is 0.186. The van der Waals surface area contributed by atoms with Gasteiger partial charge in [-0.2, -0.15) is 0 Å². The fourth-order valence-corrected chi connectivity index (χ4v) is 4.32. The van der Waals surface area contributed by atoms with Crippen molar-refractivity contribution in [3.8, 4) is 0 Å². The smallest absolute Gasteiger partial charge is 0.151 e. The van der Waals surface area contributed by atoms with Gasteiger partial charge in [-0.1, -0.05) is 0 Å². The van der Waals surface area contributed by atoms with Crippen LogP contribution >= 0.6 is 0 Å². The van der Waals surface area contributed by atoms with Crippen molar-refractivity contribution in [2.75, 3.05) is 25.1 Å². The first-order valence-corrected chi connectivity index (χ1v) is 7.85. The fraction of sp³-hybridized carbons (Fsp3) is 0.727. The van der Waals surface area contributed by atoms with Crippen molar-refractivity contribution >= 4 is 9.84 Å². The Hall–Kier alpha value is -0.920. The van der Waals surface area contributed by atoms with Crippen molar-refractivity contribution in [3.63, 3.8) is 0 Å². The van der Waals surface area contributed by atoms with E-state index >= 15 is 0 Å². The molecule has 2 atom stereocenters. The third-order valence-corrected chi connectivity index (χ3v) is 5.44. The number of nitrogens with zero attached hydrogens (tertiary/aromatic N) is 3. The van der Waals surface area contributed by atoms with E-state index in [1.807, 2.05) is 18.7 Å². The van der Waals surface area contributed by atoms with Gasteiger partial charge in [-0.25, -0.2) is 13.4 Å². The average molecular weight is 272 g/mol. The second-order valence-electron chi connectivity index (χ2n) is 4.90. The predicted octanol–water partition coefficient (Wildman–Crippen LogP) is -0.461. The molecule has 1 aliphatic heterocycles. The van der Waals surface area contributed by atoms with Crippen molar-refractivity contribution in [3.05, 3.63) is 18.2 Å². The highest BCUT2D eigenvalue weighted by molar-refractivity contribution is 7.91. The van der Waals surface area contributed by atoms with E-state index in [4.69, 9.17) is 5.73 Å². The van der Waals surface area contributed by atoms with Crippen molar-refractivity contribution < 1.29 is 8.42 Å². The van der Waals surface area contributed by atoms with Crippen LogP contribution in [0.1, 0.15) is 18.2 Å². The van der Waals surface area contributed by atoms with Gasteiger partial charge < -0.3 is 10.3 Å². The number of imidazole rings is 1. The maximum absolute atomic E-state index is 11.5. The molecule has 0 radical (unpaired) electrons. The second-order valence-corrected chi connectivity index (χ2v) is 7.13. The number of aryl methyl sites for hydroxylation is 1. The molecule has 102 valence electrons. The first-order chi connectivity index (χ1) is 8.44. The number of hydrogen-bond donors (Lipinski definition) is 1. The molecule has 1 fully saturated rings. The van der Waals surface area contributed by atoms with Gasteiger partial charge in [-0.15, -0.1) is 0 Å². The van der Waals surface area contributed by atoms with Crippen LogP contribution in [-0.4, -0.2) is 54.0 Å². The van der Waals surface area contributed by atoms with Crippen LogP contribution in [0, 0.1) is 0 Å². The Morgan fingerprint density at radius 1 is 1.67 bits per heavy atom. The fourth-order valence-electron chi connectivity index (χ4n) is 2.54. The molecule has 1 aliphatic rings. The summed E-state index contributed by atoms with van der Waals surface area (Å²) in [5, 5.41) is 0. The summed E-state index contributed by atoms with van der Waals surface area (Å²) < 4.78 is 25.0. The van der Waals surface area contributed by atoms with Crippen molar-refractivity contribution in [2.24, 2.45) is 12.8 Å². The average Bonchev–Trinajstić information content (AvgIpc) is 2.87. The Balaban J connectivity index is 2.17. The van der Waals surface area contributed by atoms with Gasteiger partial charge in [-0.3, -0.25) is 4.90 Å². The summed E-state index contributed by atoms with van der Waals surface area (Å²) in [7, 11) is 0.995. The van der Waals surface area contributed by atoms with E-state index in [2.05, 4.69) is 9.88 Å². The molecule has 18 heavy (non-hydrogen) atoms. The summed E-state index contributed by atoms with van der Waals surface area (Å²) in [6, 6.07) is 0.0641. The zero-order valence-corrected chi connectivity index (χ0v) is 11.6. The summed E-state index contributed by atoms with van der Waals surface area (Å²) in [6.45, 7) is 0.451. The van der Waals surface area contributed by atoms with Gasteiger partial charge in [0.2, 0.25) is 0 Å². The van der Waals surface area contributed by atoms with E-state index in [1.165, 1.54) is 0 Å². The van der Waals surface area contributed by atoms with Crippen LogP contribution in [0.5, 0.6) is 0 Å². The Bertz CT molecular complexity index is 511. The molecule has 0 saturated carbocycles. The highest BCUT2D eigenvalue weighted by atomic mass is 32.2. The Morgan fingerprint density at radius 2 is 2.39 bits per heavy atom. The van der Waals surface area contributed by atoms with E-state index in [0.717, 1.165) is 5.69 Å². The van der Waals surface area contributed by atoms with E-state index in [-0.39, 0.29) is 23.6 Å². The van der Waals surface area contributed by atoms with Crippen LogP contribution in [-0.2, 0) is 16.9 Å². The number of nitrogens with two attached hydrogens (primary N) is 1. The van der Waals surface area contributed by atoms with Gasteiger partial charge in [0.15, 0.2) is 9.84 Å². The minimum Gasteiger partial charge on any atom is -0.336 e. The van der Waals surface area contributed by atoms with Crippen LogP contribution in [0.2, 0.25) is 0 Å². The van der Waals surface area contributed by atoms with E-state index in [0.29, 0.717) is 13.0 Å². The zero-order chi connectivity index (χ0) is 13.3. The lowest BCUT2D eigenvalue weighted by Gasteiger charge is -2.31. The molecule has 0 aromatic carbocycles. The van der Waals surface area contributed by atoms with E-state index in [1.54, 1.807) is 12.5 Å². The largest absolute Gasteiger partial charge is 0.336 e. The molecular weight excluding hydrogens is 252 g/mol. The van der Waals surface area contributed by atoms with E-state index in [9.17, 15) is 8.42 Å². The molecule has 0 aliphatic carbocycles. The van der Waals surface area contributed by atoms with Crippen LogP contribution in [0.15, 0.2) is 12.5 Å². The number of likely N-dealkylation sites (N-methyl/N-ethyl adjacent to an activating group) is 1. The monoisotopic (exact) mass is 272 g/mol. The van der Waals surface area contributed by atoms with Crippen molar-refractivity contribution in [1.29, 1.82) is 0 Å². The van der Waals surface area contributed by atoms with Crippen LogP contribution in [0.4, 0.5) is 0 Å². The predicted molar refractivity (Wildman–Crippen MR) is 69.8 cm³/mol. The third-order valence-electron chi connectivity index (χ3n) is 3.69. The molecular formula is C11H20N4O2S. The topological polar surface area (TPSA) is 81.2 Å². The molecule has 1 aromatic heterocycles. The molecule has 2 rings (SSSR count). The van der Waals surface area contributed by atoms with Crippen molar-refractivity contribution in [1.82, 2.24) is 14.5 Å². The molecule has 1 saturated heterocycles. The minimum atomic E-state index is -2.87. The van der Waals surface area contributed by atoms with Crippen molar-refractivity contribution in [2.45, 2.75) is 18.5 Å². The lowest BCUT2D eigenvalue weighted by Crippen LogP contribution is -2.40. The van der Waals surface area contributed by atoms with Crippen LogP contribution in [0.3, 0.4) is 0 Å². The molecule has 6 nitrogen and oxygen atoms in total. The second kappa shape index (κ2) is 4.99. The van der Waals surface area contributed by atoms with Crippen LogP contribution < -0.4 is 5.73 Å². The molecule has 0 amide bonds. The lowest BCUT2D eigenvalue weighted by atomic mass is 10.1. The first kappa shape index (κ1) is 13.5. The quantitative estimate of drug-likeness (QED) is 0.802. The standard InChI is InChI=1S/C11H20N4O2S/c1-14-8-13-6-11(14)10(5-12)15(2)9-3-4-18(16,17)7-9/h6,8-10H,3-5,7,12H2,1-2H3. The molecule has 2 N–H and O–H groups in total. The number of sulfone groups is 1. The summed E-state index contributed by atoms with van der Waals surface area (Å²) in [6.07, 6.45) is 4.21. The Kier molecular flexibility index (Phi) is 3.74. The number of aromatic nitrogens is 2. The Labute approximate surface area is 108 Å². The number of hydrogen-bond acceptors (Lipinski definition) is 5. The van der Waals surface area contributed by atoms with Gasteiger partial charge in [0.25, 0.3) is 0 Å². The summed E-state index contributed by atoms with van der Waals surface area (Å²) in [5.41, 5.74) is 6.85. The summed E-state index contributed by atoms with van der Waals surface area (Å²) in [5.74, 6) is 0.516. The SMILES string of the molecule is CN(C1CCS(=O)(=O)C1)C(CN)c1cncn1C. The van der Waals surface area contributed by atoms with Gasteiger partial charge in [0.1, 0.15) is 0 Å². The highest BCUT2D eigenvalue weighted by Gasteiger charge is 2.34. The molecule has 2 unspecified atom stereocenters. The number of rotatable bonds is 4. The van der Waals surface area contributed by atoms with Gasteiger partial charge in [0, 0.05) is 25.8 Å². The third kappa shape index (κ3) is 2.57. The molecule has 1 aromatic rings.